The molecule has 0 radical (unpaired) electrons. The topological polar surface area (TPSA) is 54.3 Å². The number of rotatable bonds is 3. The third-order valence-corrected chi connectivity index (χ3v) is 4.61. The summed E-state index contributed by atoms with van der Waals surface area (Å²) in [4.78, 5) is 26.2. The maximum absolute atomic E-state index is 12.6. The van der Waals surface area contributed by atoms with E-state index in [9.17, 15) is 9.59 Å². The number of para-hydroxylation sites is 1. The first-order valence-corrected chi connectivity index (χ1v) is 8.48. The largest absolute Gasteiger partial charge is 0.318 e. The van der Waals surface area contributed by atoms with Gasteiger partial charge >= 0.3 is 0 Å². The fraction of sp³-hybridized carbons (Fsp3) is 0.211. The molecule has 1 aromatic carbocycles. The number of amides is 2. The van der Waals surface area contributed by atoms with E-state index in [1.807, 2.05) is 57.2 Å². The van der Waals surface area contributed by atoms with Crippen molar-refractivity contribution >= 4 is 35.2 Å². The summed E-state index contributed by atoms with van der Waals surface area (Å²) in [7, 11) is 0. The maximum Gasteiger partial charge on any atom is 0.265 e. The lowest BCUT2D eigenvalue weighted by Crippen LogP contribution is -2.53. The molecule has 6 heteroatoms. The van der Waals surface area contributed by atoms with Gasteiger partial charge in [0, 0.05) is 23.6 Å². The van der Waals surface area contributed by atoms with E-state index in [0.29, 0.717) is 6.54 Å². The first-order valence-electron chi connectivity index (χ1n) is 8.07. The minimum atomic E-state index is -0.454. The highest BCUT2D eigenvalue weighted by Crippen LogP contribution is 2.24. The number of likely N-dealkylation sites (N-methyl/N-ethyl adjacent to an activating group) is 1. The zero-order valence-electron chi connectivity index (χ0n) is 14.4. The number of carbonyl (C=O) groups excluding carboxylic acids is 2. The predicted molar refractivity (Wildman–Crippen MR) is 101 cm³/mol. The van der Waals surface area contributed by atoms with Crippen molar-refractivity contribution in [2.45, 2.75) is 20.8 Å². The van der Waals surface area contributed by atoms with Crippen molar-refractivity contribution < 1.29 is 9.59 Å². The molecule has 5 nitrogen and oxygen atoms in total. The average Bonchev–Trinajstić information content (AvgIpc) is 2.86. The summed E-state index contributed by atoms with van der Waals surface area (Å²) in [5.74, 6) is -0.815. The minimum absolute atomic E-state index is 0.101. The third-order valence-electron chi connectivity index (χ3n) is 4.29. The molecule has 0 atom stereocenters. The third kappa shape index (κ3) is 3.00. The van der Waals surface area contributed by atoms with Crippen LogP contribution < -0.4 is 5.32 Å². The van der Waals surface area contributed by atoms with Crippen molar-refractivity contribution in [1.29, 1.82) is 0 Å². The Labute approximate surface area is 151 Å². The van der Waals surface area contributed by atoms with Gasteiger partial charge in [-0.1, -0.05) is 18.2 Å². The van der Waals surface area contributed by atoms with E-state index >= 15 is 0 Å². The number of benzene rings is 1. The van der Waals surface area contributed by atoms with E-state index in [4.69, 9.17) is 12.2 Å². The summed E-state index contributed by atoms with van der Waals surface area (Å²) in [5, 5.41) is 2.73. The molecule has 1 aliphatic rings. The number of carbonyl (C=O) groups is 2. The van der Waals surface area contributed by atoms with E-state index in [-0.39, 0.29) is 16.6 Å². The monoisotopic (exact) mass is 353 g/mol. The molecule has 2 aromatic rings. The molecule has 0 unspecified atom stereocenters. The number of aryl methyl sites for hydroxylation is 1. The molecule has 0 bridgehead atoms. The molecule has 0 saturated carbocycles. The Bertz CT molecular complexity index is 897. The summed E-state index contributed by atoms with van der Waals surface area (Å²) in [6.45, 7) is 6.21. The summed E-state index contributed by atoms with van der Waals surface area (Å²) < 4.78 is 2.10. The Morgan fingerprint density at radius 2 is 1.84 bits per heavy atom. The number of hydrogen-bond acceptors (Lipinski definition) is 3. The molecule has 0 aliphatic carbocycles. The molecule has 2 amide bonds. The lowest BCUT2D eigenvalue weighted by molar-refractivity contribution is -0.128. The first-order chi connectivity index (χ1) is 11.9. The second-order valence-corrected chi connectivity index (χ2v) is 6.25. The van der Waals surface area contributed by atoms with Crippen molar-refractivity contribution in [3.8, 4) is 5.69 Å². The summed E-state index contributed by atoms with van der Waals surface area (Å²) in [5.41, 5.74) is 3.97. The van der Waals surface area contributed by atoms with Crippen LogP contribution in [0.1, 0.15) is 23.9 Å². The van der Waals surface area contributed by atoms with Gasteiger partial charge in [-0.3, -0.25) is 19.8 Å². The van der Waals surface area contributed by atoms with Gasteiger partial charge in [0.05, 0.1) is 0 Å². The van der Waals surface area contributed by atoms with Crippen LogP contribution in [0.4, 0.5) is 0 Å². The number of aromatic nitrogens is 1. The second-order valence-electron chi connectivity index (χ2n) is 5.86. The molecular weight excluding hydrogens is 334 g/mol. The SMILES string of the molecule is CCN1C(=O)/C(=C/c2cc(C)n(-c3ccccc3)c2C)C(=O)NC1=S. The van der Waals surface area contributed by atoms with E-state index in [1.165, 1.54) is 4.90 Å². The molecule has 1 aliphatic heterocycles. The van der Waals surface area contributed by atoms with Crippen LogP contribution in [-0.2, 0) is 9.59 Å². The maximum atomic E-state index is 12.6. The Kier molecular flexibility index (Phi) is 4.55. The van der Waals surface area contributed by atoms with Gasteiger partial charge < -0.3 is 4.57 Å². The van der Waals surface area contributed by atoms with Gasteiger partial charge in [-0.05, 0) is 62.8 Å². The van der Waals surface area contributed by atoms with Crippen LogP contribution in [0.25, 0.3) is 11.8 Å². The minimum Gasteiger partial charge on any atom is -0.318 e. The molecule has 1 saturated heterocycles. The van der Waals surface area contributed by atoms with Crippen LogP contribution in [0.2, 0.25) is 0 Å². The number of nitrogens with zero attached hydrogens (tertiary/aromatic N) is 2. The van der Waals surface area contributed by atoms with Crippen LogP contribution in [0.5, 0.6) is 0 Å². The Morgan fingerprint density at radius 1 is 1.16 bits per heavy atom. The predicted octanol–water partition coefficient (Wildman–Crippen LogP) is 2.74. The number of thiocarbonyl (C=S) groups is 1. The number of hydrogen-bond donors (Lipinski definition) is 1. The van der Waals surface area contributed by atoms with Crippen molar-refractivity contribution in [3.63, 3.8) is 0 Å². The van der Waals surface area contributed by atoms with Crippen LogP contribution in [0, 0.1) is 13.8 Å². The molecule has 1 aromatic heterocycles. The van der Waals surface area contributed by atoms with Crippen molar-refractivity contribution in [1.82, 2.24) is 14.8 Å². The molecule has 128 valence electrons. The van der Waals surface area contributed by atoms with Crippen molar-refractivity contribution in [2.24, 2.45) is 0 Å². The molecular formula is C19H19N3O2S. The molecule has 1 N–H and O–H groups in total. The van der Waals surface area contributed by atoms with Gasteiger partial charge in [0.2, 0.25) is 0 Å². The number of nitrogens with one attached hydrogen (secondary N) is 1. The van der Waals surface area contributed by atoms with Crippen LogP contribution in [0.15, 0.2) is 42.0 Å². The van der Waals surface area contributed by atoms with Crippen molar-refractivity contribution in [2.75, 3.05) is 6.54 Å². The molecule has 2 heterocycles. The lowest BCUT2D eigenvalue weighted by atomic mass is 10.1. The summed E-state index contributed by atoms with van der Waals surface area (Å²) in [6.07, 6.45) is 1.64. The zero-order chi connectivity index (χ0) is 18.1. The Morgan fingerprint density at radius 3 is 2.48 bits per heavy atom. The highest BCUT2D eigenvalue weighted by Gasteiger charge is 2.32. The molecule has 25 heavy (non-hydrogen) atoms. The van der Waals surface area contributed by atoms with E-state index in [1.54, 1.807) is 6.08 Å². The van der Waals surface area contributed by atoms with Crippen molar-refractivity contribution in [3.05, 3.63) is 58.9 Å². The van der Waals surface area contributed by atoms with Gasteiger partial charge in [-0.25, -0.2) is 0 Å². The lowest BCUT2D eigenvalue weighted by Gasteiger charge is -2.27. The van der Waals surface area contributed by atoms with Gasteiger partial charge in [-0.15, -0.1) is 0 Å². The van der Waals surface area contributed by atoms with Crippen LogP contribution in [0.3, 0.4) is 0 Å². The highest BCUT2D eigenvalue weighted by molar-refractivity contribution is 7.80. The van der Waals surface area contributed by atoms with Gasteiger partial charge in [0.25, 0.3) is 11.8 Å². The molecule has 0 spiro atoms. The first kappa shape index (κ1) is 17.1. The Hall–Kier alpha value is -2.73. The average molecular weight is 353 g/mol. The smallest absolute Gasteiger partial charge is 0.265 e. The Balaban J connectivity index is 2.06. The van der Waals surface area contributed by atoms with E-state index in [0.717, 1.165) is 22.6 Å². The van der Waals surface area contributed by atoms with Gasteiger partial charge in [0.15, 0.2) is 5.11 Å². The highest BCUT2D eigenvalue weighted by atomic mass is 32.1. The second kappa shape index (κ2) is 6.64. The molecule has 3 rings (SSSR count). The zero-order valence-corrected chi connectivity index (χ0v) is 15.2. The van der Waals surface area contributed by atoms with Gasteiger partial charge in [-0.2, -0.15) is 0 Å². The van der Waals surface area contributed by atoms with Crippen LogP contribution in [-0.4, -0.2) is 32.9 Å². The standard InChI is InChI=1S/C19H19N3O2S/c1-4-21-18(24)16(17(23)20-19(21)25)11-14-10-12(2)22(13(14)3)15-8-6-5-7-9-15/h5-11H,4H2,1-3H3,(H,20,23,25)/b16-11+. The van der Waals surface area contributed by atoms with Gasteiger partial charge in [0.1, 0.15) is 5.57 Å². The quantitative estimate of drug-likeness (QED) is 0.524. The molecule has 1 fully saturated rings. The van der Waals surface area contributed by atoms with E-state index < -0.39 is 5.91 Å². The van der Waals surface area contributed by atoms with Crippen LogP contribution >= 0.6 is 12.2 Å². The van der Waals surface area contributed by atoms with E-state index in [2.05, 4.69) is 9.88 Å². The summed E-state index contributed by atoms with van der Waals surface area (Å²) >= 11 is 5.05. The summed E-state index contributed by atoms with van der Waals surface area (Å²) in [6, 6.07) is 11.9. The fourth-order valence-corrected chi connectivity index (χ4v) is 3.35. The normalized spacial score (nSPS) is 16.5. The fourth-order valence-electron chi connectivity index (χ4n) is 3.04.